The maximum atomic E-state index is 12.9. The first kappa shape index (κ1) is 19.6. The number of fused-ring (bicyclic) bond motifs is 2. The van der Waals surface area contributed by atoms with Crippen LogP contribution in [0.4, 0.5) is 13.2 Å². The van der Waals surface area contributed by atoms with Crippen molar-refractivity contribution >= 4 is 28.1 Å². The van der Waals surface area contributed by atoms with E-state index in [0.717, 1.165) is 12.1 Å². The standard InChI is InChI=1S/C18H12F3N9O2/c1-30-16-13(27-29-30)14(23-7-24-16)17(31)22-6-9-5-12(32-28-9)15-25-10-3-2-8(18(19,20)21)4-11(10)26-15/h2-5,7H,6H2,1H3,(H,22,31)(H,25,26). The van der Waals surface area contributed by atoms with Crippen LogP contribution in [0, 0.1) is 0 Å². The van der Waals surface area contributed by atoms with Crippen LogP contribution in [0.15, 0.2) is 35.1 Å². The van der Waals surface area contributed by atoms with Gasteiger partial charge in [-0.1, -0.05) is 10.4 Å². The molecular formula is C18H12F3N9O2. The zero-order valence-electron chi connectivity index (χ0n) is 16.2. The molecule has 4 heterocycles. The van der Waals surface area contributed by atoms with Gasteiger partial charge in [0.25, 0.3) is 5.91 Å². The number of aromatic nitrogens is 8. The summed E-state index contributed by atoms with van der Waals surface area (Å²) in [5.41, 5.74) is 0.858. The molecule has 5 rings (SSSR count). The number of benzene rings is 1. The molecule has 4 aromatic heterocycles. The molecule has 1 amide bonds. The minimum absolute atomic E-state index is 0.00649. The lowest BCUT2D eigenvalue weighted by Gasteiger charge is -2.04. The lowest BCUT2D eigenvalue weighted by atomic mass is 10.2. The van der Waals surface area contributed by atoms with Crippen molar-refractivity contribution in [3.8, 4) is 11.6 Å². The Morgan fingerprint density at radius 1 is 1.25 bits per heavy atom. The van der Waals surface area contributed by atoms with Crippen molar-refractivity contribution in [1.29, 1.82) is 0 Å². The average molecular weight is 443 g/mol. The average Bonchev–Trinajstić information content (AvgIpc) is 3.49. The highest BCUT2D eigenvalue weighted by Gasteiger charge is 2.30. The molecule has 32 heavy (non-hydrogen) atoms. The minimum Gasteiger partial charge on any atom is -0.353 e. The van der Waals surface area contributed by atoms with E-state index in [1.807, 2.05) is 0 Å². The molecule has 162 valence electrons. The maximum Gasteiger partial charge on any atom is 0.416 e. The molecule has 0 aliphatic heterocycles. The van der Waals surface area contributed by atoms with E-state index >= 15 is 0 Å². The molecule has 0 saturated carbocycles. The maximum absolute atomic E-state index is 12.9. The van der Waals surface area contributed by atoms with Gasteiger partial charge in [0.15, 0.2) is 22.7 Å². The van der Waals surface area contributed by atoms with E-state index in [4.69, 9.17) is 4.52 Å². The Labute approximate surface area is 175 Å². The fourth-order valence-electron chi connectivity index (χ4n) is 3.08. The third-order valence-electron chi connectivity index (χ3n) is 4.64. The van der Waals surface area contributed by atoms with Crippen LogP contribution in [0.3, 0.4) is 0 Å². The fraction of sp³-hybridized carbons (Fsp3) is 0.167. The van der Waals surface area contributed by atoms with Gasteiger partial charge in [-0.15, -0.1) is 5.10 Å². The summed E-state index contributed by atoms with van der Waals surface area (Å²) in [7, 11) is 1.64. The summed E-state index contributed by atoms with van der Waals surface area (Å²) in [6.07, 6.45) is -3.22. The van der Waals surface area contributed by atoms with Crippen molar-refractivity contribution in [3.05, 3.63) is 47.5 Å². The van der Waals surface area contributed by atoms with Crippen LogP contribution < -0.4 is 5.32 Å². The number of carbonyl (C=O) groups excluding carboxylic acids is 1. The molecule has 0 spiro atoms. The van der Waals surface area contributed by atoms with Crippen molar-refractivity contribution in [2.45, 2.75) is 12.7 Å². The van der Waals surface area contributed by atoms with Gasteiger partial charge in [-0.2, -0.15) is 13.2 Å². The molecule has 14 heteroatoms. The SMILES string of the molecule is Cn1nnc2c(C(=O)NCc3cc(-c4nc5ccc(C(F)(F)F)cc5[nH]4)on3)ncnc21. The van der Waals surface area contributed by atoms with Gasteiger partial charge in [-0.25, -0.2) is 19.6 Å². The van der Waals surface area contributed by atoms with E-state index in [0.29, 0.717) is 16.9 Å². The predicted molar refractivity (Wildman–Crippen MR) is 102 cm³/mol. The van der Waals surface area contributed by atoms with Crippen LogP contribution in [0.1, 0.15) is 21.7 Å². The Bertz CT molecular complexity index is 1470. The van der Waals surface area contributed by atoms with E-state index in [1.165, 1.54) is 23.1 Å². The van der Waals surface area contributed by atoms with Gasteiger partial charge >= 0.3 is 6.18 Å². The highest BCUT2D eigenvalue weighted by molar-refractivity contribution is 6.01. The van der Waals surface area contributed by atoms with E-state index in [2.05, 4.69) is 40.7 Å². The second kappa shape index (κ2) is 7.11. The Balaban J connectivity index is 1.33. The smallest absolute Gasteiger partial charge is 0.353 e. The lowest BCUT2D eigenvalue weighted by molar-refractivity contribution is -0.137. The number of nitrogens with one attached hydrogen (secondary N) is 2. The largest absolute Gasteiger partial charge is 0.416 e. The second-order valence-electron chi connectivity index (χ2n) is 6.79. The third kappa shape index (κ3) is 3.40. The molecule has 11 nitrogen and oxygen atoms in total. The number of halogens is 3. The summed E-state index contributed by atoms with van der Waals surface area (Å²) >= 11 is 0. The zero-order chi connectivity index (χ0) is 22.5. The first-order valence-corrected chi connectivity index (χ1v) is 9.11. The van der Waals surface area contributed by atoms with Gasteiger partial charge in [-0.05, 0) is 18.2 Å². The van der Waals surface area contributed by atoms with Crippen LogP contribution in [0.2, 0.25) is 0 Å². The number of rotatable bonds is 4. The number of nitrogens with zero attached hydrogens (tertiary/aromatic N) is 7. The molecule has 0 radical (unpaired) electrons. The van der Waals surface area contributed by atoms with Crippen LogP contribution in [0.25, 0.3) is 33.8 Å². The number of hydrogen-bond acceptors (Lipinski definition) is 8. The molecule has 0 unspecified atom stereocenters. The summed E-state index contributed by atoms with van der Waals surface area (Å²) in [5.74, 6) is -0.0929. The van der Waals surface area contributed by atoms with Gasteiger partial charge in [0, 0.05) is 13.1 Å². The van der Waals surface area contributed by atoms with Crippen LogP contribution in [0.5, 0.6) is 0 Å². The Hall–Kier alpha value is -4.36. The number of H-pyrrole nitrogens is 1. The van der Waals surface area contributed by atoms with Gasteiger partial charge in [0.05, 0.1) is 23.1 Å². The summed E-state index contributed by atoms with van der Waals surface area (Å²) in [5, 5.41) is 14.2. The predicted octanol–water partition coefficient (Wildman–Crippen LogP) is 2.24. The fourth-order valence-corrected chi connectivity index (χ4v) is 3.08. The first-order chi connectivity index (χ1) is 15.3. The molecule has 2 N–H and O–H groups in total. The molecule has 0 fully saturated rings. The molecule has 0 bridgehead atoms. The quantitative estimate of drug-likeness (QED) is 0.431. The number of imidazole rings is 1. The van der Waals surface area contributed by atoms with Crippen molar-refractivity contribution in [1.82, 2.24) is 45.4 Å². The van der Waals surface area contributed by atoms with Crippen molar-refractivity contribution in [2.24, 2.45) is 7.05 Å². The van der Waals surface area contributed by atoms with E-state index in [9.17, 15) is 18.0 Å². The van der Waals surface area contributed by atoms with E-state index in [-0.39, 0.29) is 34.9 Å². The molecule has 0 aliphatic rings. The Kier molecular flexibility index (Phi) is 4.35. The summed E-state index contributed by atoms with van der Waals surface area (Å²) < 4.78 is 45.3. The Morgan fingerprint density at radius 3 is 2.91 bits per heavy atom. The van der Waals surface area contributed by atoms with Gasteiger partial charge < -0.3 is 14.8 Å². The minimum atomic E-state index is -4.46. The normalized spacial score (nSPS) is 12.0. The lowest BCUT2D eigenvalue weighted by Crippen LogP contribution is -2.24. The second-order valence-corrected chi connectivity index (χ2v) is 6.79. The van der Waals surface area contributed by atoms with Crippen LogP contribution >= 0.6 is 0 Å². The summed E-state index contributed by atoms with van der Waals surface area (Å²) in [6.45, 7) is 0.00649. The topological polar surface area (TPSA) is 140 Å². The summed E-state index contributed by atoms with van der Waals surface area (Å²) in [4.78, 5) is 27.5. The number of amides is 1. The number of aromatic amines is 1. The van der Waals surface area contributed by atoms with Crippen molar-refractivity contribution in [2.75, 3.05) is 0 Å². The molecule has 5 aromatic rings. The number of carbonyl (C=O) groups is 1. The molecule has 1 aromatic carbocycles. The van der Waals surface area contributed by atoms with Gasteiger partial charge in [0.1, 0.15) is 12.0 Å². The third-order valence-corrected chi connectivity index (χ3v) is 4.64. The van der Waals surface area contributed by atoms with Crippen molar-refractivity contribution < 1.29 is 22.5 Å². The van der Waals surface area contributed by atoms with Crippen molar-refractivity contribution in [3.63, 3.8) is 0 Å². The van der Waals surface area contributed by atoms with E-state index < -0.39 is 17.6 Å². The summed E-state index contributed by atoms with van der Waals surface area (Å²) in [6, 6.07) is 4.71. The van der Waals surface area contributed by atoms with Gasteiger partial charge in [0.2, 0.25) is 5.76 Å². The molecule has 0 saturated heterocycles. The molecule has 0 atom stereocenters. The highest BCUT2D eigenvalue weighted by Crippen LogP contribution is 2.31. The van der Waals surface area contributed by atoms with Crippen LogP contribution in [-0.2, 0) is 19.8 Å². The molecular weight excluding hydrogens is 431 g/mol. The zero-order valence-corrected chi connectivity index (χ0v) is 16.2. The van der Waals surface area contributed by atoms with E-state index in [1.54, 1.807) is 7.05 Å². The first-order valence-electron chi connectivity index (χ1n) is 9.11. The number of aryl methyl sites for hydroxylation is 1. The number of hydrogen-bond donors (Lipinski definition) is 2. The Morgan fingerprint density at radius 2 is 2.09 bits per heavy atom. The number of alkyl halides is 3. The monoisotopic (exact) mass is 443 g/mol. The highest BCUT2D eigenvalue weighted by atomic mass is 19.4. The molecule has 0 aliphatic carbocycles. The van der Waals surface area contributed by atoms with Crippen LogP contribution in [-0.4, -0.2) is 46.0 Å². The van der Waals surface area contributed by atoms with Gasteiger partial charge in [-0.3, -0.25) is 4.79 Å².